The number of rotatable bonds is 5. The Kier molecular flexibility index (Phi) is 5.43. The summed E-state index contributed by atoms with van der Waals surface area (Å²) >= 11 is 3.54. The van der Waals surface area contributed by atoms with Gasteiger partial charge in [-0.15, -0.1) is 0 Å². The van der Waals surface area contributed by atoms with E-state index in [9.17, 15) is 5.11 Å². The number of aliphatic hydroxyl groups excluding tert-OH is 1. The van der Waals surface area contributed by atoms with Crippen molar-refractivity contribution < 1.29 is 9.84 Å². The van der Waals surface area contributed by atoms with E-state index in [0.717, 1.165) is 15.7 Å². The van der Waals surface area contributed by atoms with Gasteiger partial charge in [-0.25, -0.2) is 0 Å². The maximum absolute atomic E-state index is 9.52. The van der Waals surface area contributed by atoms with Crippen LogP contribution in [0.3, 0.4) is 0 Å². The third-order valence-corrected chi connectivity index (χ3v) is 3.54. The first-order chi connectivity index (χ1) is 7.97. The molecule has 0 radical (unpaired) electrons. The topological polar surface area (TPSA) is 32.7 Å². The normalized spacial score (nSPS) is 14.5. The van der Waals surface area contributed by atoms with Crippen LogP contribution < -0.4 is 4.90 Å². The van der Waals surface area contributed by atoms with Gasteiger partial charge in [-0.2, -0.15) is 0 Å². The summed E-state index contributed by atoms with van der Waals surface area (Å²) in [4.78, 5) is 2.15. The van der Waals surface area contributed by atoms with E-state index in [2.05, 4.69) is 27.8 Å². The van der Waals surface area contributed by atoms with E-state index in [1.807, 2.05) is 25.2 Å². The largest absolute Gasteiger partial charge is 0.389 e. The number of ether oxygens (including phenoxy) is 1. The van der Waals surface area contributed by atoms with Gasteiger partial charge < -0.3 is 14.7 Å². The van der Waals surface area contributed by atoms with Crippen molar-refractivity contribution in [1.29, 1.82) is 0 Å². The van der Waals surface area contributed by atoms with E-state index in [0.29, 0.717) is 12.6 Å². The number of aliphatic hydroxyl groups is 1. The van der Waals surface area contributed by atoms with Crippen LogP contribution in [0.1, 0.15) is 25.5 Å². The van der Waals surface area contributed by atoms with Crippen LogP contribution >= 0.6 is 15.9 Å². The summed E-state index contributed by atoms with van der Waals surface area (Å²) < 4.78 is 6.14. The quantitative estimate of drug-likeness (QED) is 0.907. The number of halogens is 1. The summed E-state index contributed by atoms with van der Waals surface area (Å²) in [5.74, 6) is 0. The van der Waals surface area contributed by atoms with Crippen LogP contribution in [-0.4, -0.2) is 31.9 Å². The molecule has 0 fully saturated rings. The van der Waals surface area contributed by atoms with Crippen LogP contribution in [-0.2, 0) is 4.74 Å². The molecule has 1 aromatic rings. The van der Waals surface area contributed by atoms with Crippen molar-refractivity contribution >= 4 is 21.6 Å². The molecular weight excluding hydrogens is 282 g/mol. The zero-order chi connectivity index (χ0) is 13.0. The van der Waals surface area contributed by atoms with E-state index in [4.69, 9.17) is 4.74 Å². The second-order valence-electron chi connectivity index (χ2n) is 4.30. The molecule has 1 rings (SSSR count). The second-order valence-corrected chi connectivity index (χ2v) is 5.16. The molecule has 0 heterocycles. The van der Waals surface area contributed by atoms with Crippen molar-refractivity contribution in [2.45, 2.75) is 26.0 Å². The van der Waals surface area contributed by atoms with Gasteiger partial charge in [0.2, 0.25) is 0 Å². The lowest BCUT2D eigenvalue weighted by Gasteiger charge is -2.27. The number of nitrogens with zero attached hydrogens (tertiary/aromatic N) is 1. The summed E-state index contributed by atoms with van der Waals surface area (Å²) in [6.07, 6.45) is -0.443. The Hall–Kier alpha value is -0.580. The molecule has 0 saturated carbocycles. The highest BCUT2D eigenvalue weighted by atomic mass is 79.9. The highest BCUT2D eigenvalue weighted by Crippen LogP contribution is 2.29. The molecule has 3 nitrogen and oxygen atoms in total. The van der Waals surface area contributed by atoms with Crippen LogP contribution in [0.4, 0.5) is 5.69 Å². The van der Waals surface area contributed by atoms with Gasteiger partial charge in [0, 0.05) is 24.7 Å². The van der Waals surface area contributed by atoms with Crippen LogP contribution in [0.25, 0.3) is 0 Å². The Morgan fingerprint density at radius 2 is 2.06 bits per heavy atom. The molecule has 1 N–H and O–H groups in total. The van der Waals surface area contributed by atoms with Crippen LogP contribution in [0.2, 0.25) is 0 Å². The van der Waals surface area contributed by atoms with Crippen LogP contribution in [0.5, 0.6) is 0 Å². The molecule has 0 aromatic heterocycles. The highest BCUT2D eigenvalue weighted by molar-refractivity contribution is 9.10. The molecule has 4 heteroatoms. The molecular formula is C13H20BrNO2. The lowest BCUT2D eigenvalue weighted by atomic mass is 10.1. The smallest absolute Gasteiger partial charge is 0.0762 e. The van der Waals surface area contributed by atoms with Gasteiger partial charge in [-0.3, -0.25) is 0 Å². The van der Waals surface area contributed by atoms with Crippen LogP contribution in [0.15, 0.2) is 22.7 Å². The van der Waals surface area contributed by atoms with Crippen molar-refractivity contribution in [1.82, 2.24) is 0 Å². The SMILES string of the molecule is COCC(C)N(C)c1ccc([C@H](C)O)cc1Br. The Labute approximate surface area is 112 Å². The Morgan fingerprint density at radius 3 is 2.53 bits per heavy atom. The van der Waals surface area contributed by atoms with E-state index in [1.54, 1.807) is 14.0 Å². The number of hydrogen-bond acceptors (Lipinski definition) is 3. The molecule has 0 bridgehead atoms. The zero-order valence-corrected chi connectivity index (χ0v) is 12.4. The summed E-state index contributed by atoms with van der Waals surface area (Å²) in [6.45, 7) is 4.55. The number of likely N-dealkylation sites (N-methyl/N-ethyl adjacent to an activating group) is 1. The molecule has 17 heavy (non-hydrogen) atoms. The standard InChI is InChI=1S/C13H20BrNO2/c1-9(8-17-4)15(3)13-6-5-11(10(2)16)7-12(13)14/h5-7,9-10,16H,8H2,1-4H3/t9?,10-/m0/s1. The minimum atomic E-state index is -0.443. The van der Waals surface area contributed by atoms with E-state index < -0.39 is 6.10 Å². The molecule has 2 atom stereocenters. The average Bonchev–Trinajstić information content (AvgIpc) is 2.28. The lowest BCUT2D eigenvalue weighted by Crippen LogP contribution is -2.32. The predicted octanol–water partition coefficient (Wildman–Crippen LogP) is 2.97. The van der Waals surface area contributed by atoms with E-state index >= 15 is 0 Å². The van der Waals surface area contributed by atoms with Crippen molar-refractivity contribution in [3.63, 3.8) is 0 Å². The van der Waals surface area contributed by atoms with Gasteiger partial charge in [-0.1, -0.05) is 6.07 Å². The molecule has 96 valence electrons. The van der Waals surface area contributed by atoms with Gasteiger partial charge in [0.25, 0.3) is 0 Å². The maximum Gasteiger partial charge on any atom is 0.0762 e. The zero-order valence-electron chi connectivity index (χ0n) is 10.8. The molecule has 1 aromatic carbocycles. The third-order valence-electron chi connectivity index (χ3n) is 2.90. The van der Waals surface area contributed by atoms with Crippen molar-refractivity contribution in [2.75, 3.05) is 25.7 Å². The molecule has 0 spiro atoms. The number of anilines is 1. The lowest BCUT2D eigenvalue weighted by molar-refractivity contribution is 0.183. The fourth-order valence-corrected chi connectivity index (χ4v) is 2.34. The molecule has 0 aliphatic heterocycles. The summed E-state index contributed by atoms with van der Waals surface area (Å²) in [5.41, 5.74) is 2.01. The second kappa shape index (κ2) is 6.38. The molecule has 0 aliphatic carbocycles. The van der Waals surface area contributed by atoms with Gasteiger partial charge in [-0.05, 0) is 47.5 Å². The van der Waals surface area contributed by atoms with Crippen molar-refractivity contribution in [3.05, 3.63) is 28.2 Å². The Bertz CT molecular complexity index is 368. The number of hydrogen-bond donors (Lipinski definition) is 1. The van der Waals surface area contributed by atoms with Gasteiger partial charge in [0.15, 0.2) is 0 Å². The summed E-state index contributed by atoms with van der Waals surface area (Å²) in [5, 5.41) is 9.52. The van der Waals surface area contributed by atoms with Crippen LogP contribution in [0, 0.1) is 0 Å². The molecule has 0 amide bonds. The maximum atomic E-state index is 9.52. The minimum Gasteiger partial charge on any atom is -0.389 e. The monoisotopic (exact) mass is 301 g/mol. The van der Waals surface area contributed by atoms with Gasteiger partial charge >= 0.3 is 0 Å². The molecule has 0 saturated heterocycles. The van der Waals surface area contributed by atoms with Crippen molar-refractivity contribution in [2.24, 2.45) is 0 Å². The average molecular weight is 302 g/mol. The first-order valence-corrected chi connectivity index (χ1v) is 6.46. The Balaban J connectivity index is 2.91. The fourth-order valence-electron chi connectivity index (χ4n) is 1.66. The first kappa shape index (κ1) is 14.5. The summed E-state index contributed by atoms with van der Waals surface area (Å²) in [6, 6.07) is 6.21. The first-order valence-electron chi connectivity index (χ1n) is 5.66. The Morgan fingerprint density at radius 1 is 1.41 bits per heavy atom. The molecule has 1 unspecified atom stereocenters. The molecule has 0 aliphatic rings. The third kappa shape index (κ3) is 3.69. The minimum absolute atomic E-state index is 0.300. The number of methoxy groups -OCH3 is 1. The van der Waals surface area contributed by atoms with Gasteiger partial charge in [0.05, 0.1) is 18.4 Å². The van der Waals surface area contributed by atoms with Crippen molar-refractivity contribution in [3.8, 4) is 0 Å². The number of benzene rings is 1. The van der Waals surface area contributed by atoms with E-state index in [-0.39, 0.29) is 0 Å². The van der Waals surface area contributed by atoms with E-state index in [1.165, 1.54) is 0 Å². The fraction of sp³-hybridized carbons (Fsp3) is 0.538. The summed E-state index contributed by atoms with van der Waals surface area (Å²) in [7, 11) is 3.74. The van der Waals surface area contributed by atoms with Gasteiger partial charge in [0.1, 0.15) is 0 Å². The predicted molar refractivity (Wildman–Crippen MR) is 74.5 cm³/mol. The highest BCUT2D eigenvalue weighted by Gasteiger charge is 2.13.